The number of carbonyl (C=O) groups excluding carboxylic acids is 4. The first-order valence-corrected chi connectivity index (χ1v) is 12.2. The van der Waals surface area contributed by atoms with Gasteiger partial charge in [0.05, 0.1) is 22.3 Å². The minimum atomic E-state index is -1.51. The normalized spacial score (nSPS) is 18.7. The van der Waals surface area contributed by atoms with E-state index in [-0.39, 0.29) is 22.3 Å². The van der Waals surface area contributed by atoms with E-state index in [4.69, 9.17) is 11.5 Å². The van der Waals surface area contributed by atoms with Crippen LogP contribution in [0.4, 0.5) is 11.4 Å². The number of amides is 4. The maximum absolute atomic E-state index is 14.2. The molecule has 38 heavy (non-hydrogen) atoms. The number of imide groups is 2. The molecule has 6 rings (SSSR count). The van der Waals surface area contributed by atoms with E-state index in [1.165, 1.54) is 0 Å². The number of nitrogens with zero attached hydrogens (tertiary/aromatic N) is 2. The van der Waals surface area contributed by atoms with Crippen LogP contribution in [0.15, 0.2) is 109 Å². The average Bonchev–Trinajstić information content (AvgIpc) is 3.34. The molecule has 0 radical (unpaired) electrons. The molecule has 8 heteroatoms. The summed E-state index contributed by atoms with van der Waals surface area (Å²) < 4.78 is -1.96. The van der Waals surface area contributed by atoms with Crippen LogP contribution in [0.5, 0.6) is 0 Å². The zero-order valence-corrected chi connectivity index (χ0v) is 20.2. The molecule has 0 bridgehead atoms. The van der Waals surface area contributed by atoms with Crippen LogP contribution in [0, 0.1) is 0 Å². The Morgan fingerprint density at radius 2 is 0.632 bits per heavy atom. The van der Waals surface area contributed by atoms with Gasteiger partial charge in [-0.25, -0.2) is 19.2 Å². The molecule has 0 saturated heterocycles. The van der Waals surface area contributed by atoms with Gasteiger partial charge in [0.1, 0.15) is 11.4 Å². The highest BCUT2D eigenvalue weighted by Crippen LogP contribution is 2.43. The van der Waals surface area contributed by atoms with Gasteiger partial charge in [-0.15, -0.1) is 8.97 Å². The number of fused-ring (bicyclic) bond motifs is 2. The van der Waals surface area contributed by atoms with E-state index in [1.54, 1.807) is 109 Å². The van der Waals surface area contributed by atoms with E-state index in [0.717, 1.165) is 0 Å². The molecular formula is C30H24N4O4+2. The Kier molecular flexibility index (Phi) is 5.30. The average molecular weight is 505 g/mol. The first kappa shape index (κ1) is 23.8. The zero-order valence-electron chi connectivity index (χ0n) is 20.2. The van der Waals surface area contributed by atoms with Crippen molar-refractivity contribution in [3.05, 3.63) is 131 Å². The summed E-state index contributed by atoms with van der Waals surface area (Å²) in [7, 11) is 0. The fourth-order valence-corrected chi connectivity index (χ4v) is 5.80. The molecule has 0 aliphatic carbocycles. The molecule has 0 fully saturated rings. The Labute approximate surface area is 218 Å². The summed E-state index contributed by atoms with van der Waals surface area (Å²) in [4.78, 5) is 56.6. The predicted octanol–water partition coefficient (Wildman–Crippen LogP) is 3.56. The third-order valence-electron chi connectivity index (χ3n) is 7.63. The SMILES string of the molecule is NC(C(N)[N+]1(c2ccccc2)C(=O)c2ccccc2C1=O)[N+]1(c2ccccc2)C(=O)c2ccccc2C1=O. The molecule has 2 aliphatic heterocycles. The Hall–Kier alpha value is -4.60. The highest BCUT2D eigenvalue weighted by atomic mass is 16.2. The van der Waals surface area contributed by atoms with Crippen molar-refractivity contribution in [1.82, 2.24) is 8.97 Å². The monoisotopic (exact) mass is 504 g/mol. The van der Waals surface area contributed by atoms with Crippen LogP contribution in [-0.2, 0) is 0 Å². The predicted molar refractivity (Wildman–Crippen MR) is 143 cm³/mol. The molecule has 8 nitrogen and oxygen atoms in total. The maximum Gasteiger partial charge on any atom is 0.361 e. The Bertz CT molecular complexity index is 1440. The Morgan fingerprint density at radius 3 is 0.895 bits per heavy atom. The van der Waals surface area contributed by atoms with Crippen molar-refractivity contribution in [3.63, 3.8) is 0 Å². The lowest BCUT2D eigenvalue weighted by Gasteiger charge is -2.41. The fraction of sp³-hybridized carbons (Fsp3) is 0.0667. The van der Waals surface area contributed by atoms with Crippen LogP contribution in [0.25, 0.3) is 0 Å². The van der Waals surface area contributed by atoms with Crippen LogP contribution in [0.2, 0.25) is 0 Å². The van der Waals surface area contributed by atoms with Gasteiger partial charge in [-0.3, -0.25) is 11.5 Å². The van der Waals surface area contributed by atoms with Crippen LogP contribution in [0.3, 0.4) is 0 Å². The summed E-state index contributed by atoms with van der Waals surface area (Å²) in [6.45, 7) is 0. The van der Waals surface area contributed by atoms with E-state index in [1.807, 2.05) is 0 Å². The standard InChI is InChI=1S/C30H24N4O4/c31-25(33(19-11-3-1-4-12-19)27(35)21-15-7-8-16-22(21)28(33)36)26(32)34(20-13-5-2-6-14-20)29(37)23-17-9-10-18-24(23)30(34)38/h1-18,25-26H,31-32H2/q+2. The van der Waals surface area contributed by atoms with Crippen molar-refractivity contribution in [2.75, 3.05) is 0 Å². The van der Waals surface area contributed by atoms with Crippen molar-refractivity contribution >= 4 is 35.0 Å². The molecule has 4 N–H and O–H groups in total. The number of nitrogens with two attached hydrogens (primary N) is 2. The molecular weight excluding hydrogens is 480 g/mol. The fourth-order valence-electron chi connectivity index (χ4n) is 5.80. The van der Waals surface area contributed by atoms with Gasteiger partial charge in [-0.1, -0.05) is 60.7 Å². The van der Waals surface area contributed by atoms with E-state index in [0.29, 0.717) is 11.4 Å². The molecule has 0 spiro atoms. The molecule has 2 unspecified atom stereocenters. The number of hydrogen-bond donors (Lipinski definition) is 2. The molecule has 2 heterocycles. The lowest BCUT2D eigenvalue weighted by Crippen LogP contribution is -2.79. The quantitative estimate of drug-likeness (QED) is 0.317. The second-order valence-corrected chi connectivity index (χ2v) is 9.41. The van der Waals surface area contributed by atoms with Crippen molar-refractivity contribution in [2.24, 2.45) is 11.5 Å². The van der Waals surface area contributed by atoms with Gasteiger partial charge in [-0.2, -0.15) is 0 Å². The van der Waals surface area contributed by atoms with Crippen LogP contribution >= 0.6 is 0 Å². The molecule has 4 aromatic carbocycles. The largest absolute Gasteiger partial charge is 0.361 e. The number of para-hydroxylation sites is 2. The lowest BCUT2D eigenvalue weighted by molar-refractivity contribution is 0.0393. The molecule has 0 aromatic heterocycles. The summed E-state index contributed by atoms with van der Waals surface area (Å²) in [5.74, 6) is -2.27. The third kappa shape index (κ3) is 2.82. The summed E-state index contributed by atoms with van der Waals surface area (Å²) in [6.07, 6.45) is -3.01. The van der Waals surface area contributed by atoms with Gasteiger partial charge < -0.3 is 0 Å². The summed E-state index contributed by atoms with van der Waals surface area (Å²) in [5.41, 5.74) is 15.2. The van der Waals surface area contributed by atoms with Crippen molar-refractivity contribution < 1.29 is 19.2 Å². The summed E-state index contributed by atoms with van der Waals surface area (Å²) in [6, 6.07) is 29.8. The molecule has 4 amide bonds. The van der Waals surface area contributed by atoms with E-state index in [2.05, 4.69) is 0 Å². The molecule has 0 saturated carbocycles. The van der Waals surface area contributed by atoms with Gasteiger partial charge in [0, 0.05) is 24.3 Å². The molecule has 186 valence electrons. The van der Waals surface area contributed by atoms with Crippen molar-refractivity contribution in [2.45, 2.75) is 12.3 Å². The smallest absolute Gasteiger partial charge is 0.274 e. The van der Waals surface area contributed by atoms with E-state index < -0.39 is 44.9 Å². The molecule has 4 aromatic rings. The van der Waals surface area contributed by atoms with Gasteiger partial charge in [0.15, 0.2) is 0 Å². The third-order valence-corrected chi connectivity index (χ3v) is 7.63. The highest BCUT2D eigenvalue weighted by Gasteiger charge is 2.68. The van der Waals surface area contributed by atoms with Gasteiger partial charge in [-0.05, 0) is 24.3 Å². The molecule has 2 atom stereocenters. The number of hydrogen-bond acceptors (Lipinski definition) is 6. The maximum atomic E-state index is 14.2. The highest BCUT2D eigenvalue weighted by molar-refractivity contribution is 6.32. The topological polar surface area (TPSA) is 120 Å². The minimum Gasteiger partial charge on any atom is -0.274 e. The van der Waals surface area contributed by atoms with Crippen LogP contribution < -0.4 is 20.4 Å². The van der Waals surface area contributed by atoms with E-state index in [9.17, 15) is 19.2 Å². The number of quaternary nitrogens is 2. The molecule has 2 aliphatic rings. The summed E-state index contributed by atoms with van der Waals surface area (Å²) in [5, 5.41) is 0. The van der Waals surface area contributed by atoms with Crippen LogP contribution in [0.1, 0.15) is 41.4 Å². The van der Waals surface area contributed by atoms with Crippen molar-refractivity contribution in [1.29, 1.82) is 0 Å². The Balaban J connectivity index is 1.61. The first-order chi connectivity index (χ1) is 18.4. The van der Waals surface area contributed by atoms with Crippen LogP contribution in [-0.4, -0.2) is 36.0 Å². The zero-order chi connectivity index (χ0) is 26.7. The van der Waals surface area contributed by atoms with Crippen molar-refractivity contribution in [3.8, 4) is 0 Å². The second kappa shape index (κ2) is 8.47. The Morgan fingerprint density at radius 1 is 0.395 bits per heavy atom. The van der Waals surface area contributed by atoms with Gasteiger partial charge in [0.25, 0.3) is 0 Å². The second-order valence-electron chi connectivity index (χ2n) is 9.41. The number of benzene rings is 4. The number of rotatable bonds is 5. The first-order valence-electron chi connectivity index (χ1n) is 12.2. The summed E-state index contributed by atoms with van der Waals surface area (Å²) >= 11 is 0. The lowest BCUT2D eigenvalue weighted by atomic mass is 10.1. The number of carbonyl (C=O) groups is 4. The minimum absolute atomic E-state index is 0.206. The van der Waals surface area contributed by atoms with Gasteiger partial charge >= 0.3 is 23.6 Å². The van der Waals surface area contributed by atoms with E-state index >= 15 is 0 Å². The van der Waals surface area contributed by atoms with Gasteiger partial charge in [0.2, 0.25) is 12.3 Å².